The summed E-state index contributed by atoms with van der Waals surface area (Å²) in [4.78, 5) is 22.6. The third kappa shape index (κ3) is 5.43. The summed E-state index contributed by atoms with van der Waals surface area (Å²) in [6.07, 6.45) is 0.550. The zero-order chi connectivity index (χ0) is 15.3. The van der Waals surface area contributed by atoms with Crippen molar-refractivity contribution in [3.05, 3.63) is 35.4 Å². The van der Waals surface area contributed by atoms with E-state index in [1.165, 1.54) is 0 Å². The average Bonchev–Trinajstić information content (AvgIpc) is 2.33. The van der Waals surface area contributed by atoms with E-state index in [0.29, 0.717) is 6.42 Å². The molecule has 0 radical (unpaired) electrons. The molecule has 1 aromatic carbocycles. The number of hydrogen-bond donors (Lipinski definition) is 1. The zero-order valence-electron chi connectivity index (χ0n) is 12.5. The highest BCUT2D eigenvalue weighted by atomic mass is 16.6. The minimum absolute atomic E-state index is 0.0876. The first kappa shape index (κ1) is 16.2. The number of hydrogen-bond acceptors (Lipinski definition) is 3. The number of carboxylic acid groups (broad SMARTS) is 1. The maximum Gasteiger partial charge on any atom is 0.313 e. The lowest BCUT2D eigenvalue weighted by Crippen LogP contribution is -2.26. The van der Waals surface area contributed by atoms with Crippen LogP contribution in [0.3, 0.4) is 0 Å². The van der Waals surface area contributed by atoms with E-state index in [1.807, 2.05) is 45.0 Å². The third-order valence-electron chi connectivity index (χ3n) is 2.84. The van der Waals surface area contributed by atoms with Crippen LogP contribution in [0.1, 0.15) is 51.2 Å². The Bertz CT molecular complexity index is 485. The number of carboxylic acids is 1. The first-order valence-electron chi connectivity index (χ1n) is 6.72. The lowest BCUT2D eigenvalue weighted by molar-refractivity contribution is -0.156. The first-order valence-corrected chi connectivity index (χ1v) is 6.72. The Morgan fingerprint density at radius 2 is 1.95 bits per heavy atom. The van der Waals surface area contributed by atoms with Crippen LogP contribution in [0.15, 0.2) is 24.3 Å². The molecule has 1 aromatic rings. The number of aliphatic carboxylic acids is 1. The topological polar surface area (TPSA) is 63.6 Å². The van der Waals surface area contributed by atoms with Crippen LogP contribution in [0, 0.1) is 0 Å². The summed E-state index contributed by atoms with van der Waals surface area (Å²) in [6.45, 7) is 7.30. The molecule has 0 heterocycles. The minimum Gasteiger partial charge on any atom is -0.481 e. The van der Waals surface area contributed by atoms with Crippen molar-refractivity contribution in [2.24, 2.45) is 0 Å². The predicted molar refractivity (Wildman–Crippen MR) is 76.7 cm³/mol. The Hall–Kier alpha value is -1.84. The lowest BCUT2D eigenvalue weighted by Gasteiger charge is -2.22. The van der Waals surface area contributed by atoms with Crippen LogP contribution in [0.4, 0.5) is 0 Å². The molecule has 1 atom stereocenters. The molecule has 4 heteroatoms. The van der Waals surface area contributed by atoms with Gasteiger partial charge in [-0.15, -0.1) is 0 Å². The van der Waals surface area contributed by atoms with Gasteiger partial charge in [0.25, 0.3) is 0 Å². The maximum atomic E-state index is 12.0. The Balaban J connectivity index is 2.77. The third-order valence-corrected chi connectivity index (χ3v) is 2.84. The van der Waals surface area contributed by atoms with Gasteiger partial charge in [0.15, 0.2) is 0 Å². The summed E-state index contributed by atoms with van der Waals surface area (Å²) in [5.74, 6) is -1.46. The zero-order valence-corrected chi connectivity index (χ0v) is 12.5. The lowest BCUT2D eigenvalue weighted by atomic mass is 9.97. The number of rotatable bonds is 5. The van der Waals surface area contributed by atoms with Gasteiger partial charge >= 0.3 is 11.9 Å². The van der Waals surface area contributed by atoms with Gasteiger partial charge in [-0.2, -0.15) is 0 Å². The molecule has 0 saturated carbocycles. The summed E-state index contributed by atoms with van der Waals surface area (Å²) in [7, 11) is 0. The average molecular weight is 278 g/mol. The van der Waals surface area contributed by atoms with Crippen molar-refractivity contribution in [1.29, 1.82) is 0 Å². The Morgan fingerprint density at radius 3 is 2.50 bits per heavy atom. The van der Waals surface area contributed by atoms with Crippen LogP contribution in [0.25, 0.3) is 0 Å². The van der Waals surface area contributed by atoms with Gasteiger partial charge in [-0.3, -0.25) is 9.59 Å². The maximum absolute atomic E-state index is 12.0. The van der Waals surface area contributed by atoms with Crippen molar-refractivity contribution in [2.45, 2.75) is 52.1 Å². The van der Waals surface area contributed by atoms with Crippen molar-refractivity contribution in [3.8, 4) is 0 Å². The fourth-order valence-electron chi connectivity index (χ4n) is 1.80. The van der Waals surface area contributed by atoms with Crippen molar-refractivity contribution < 1.29 is 19.4 Å². The second-order valence-electron chi connectivity index (χ2n) is 5.89. The largest absolute Gasteiger partial charge is 0.481 e. The molecule has 110 valence electrons. The van der Waals surface area contributed by atoms with Gasteiger partial charge in [0.1, 0.15) is 5.60 Å². The number of aryl methyl sites for hydroxylation is 1. The summed E-state index contributed by atoms with van der Waals surface area (Å²) in [5, 5.41) is 8.69. The van der Waals surface area contributed by atoms with Gasteiger partial charge in [0, 0.05) is 6.42 Å². The van der Waals surface area contributed by atoms with Crippen molar-refractivity contribution in [2.75, 3.05) is 0 Å². The molecule has 0 fully saturated rings. The molecule has 0 bridgehead atoms. The molecule has 0 amide bonds. The van der Waals surface area contributed by atoms with Crippen LogP contribution < -0.4 is 0 Å². The predicted octanol–water partition coefficient (Wildman–Crippen LogP) is 3.15. The highest BCUT2D eigenvalue weighted by molar-refractivity contribution is 5.78. The van der Waals surface area contributed by atoms with Crippen molar-refractivity contribution >= 4 is 11.9 Å². The molecule has 4 nitrogen and oxygen atoms in total. The summed E-state index contributed by atoms with van der Waals surface area (Å²) in [6, 6.07) is 7.44. The van der Waals surface area contributed by atoms with Gasteiger partial charge < -0.3 is 9.84 Å². The molecule has 0 aliphatic heterocycles. The Labute approximate surface area is 119 Å². The van der Waals surface area contributed by atoms with Gasteiger partial charge in [0.05, 0.1) is 5.92 Å². The summed E-state index contributed by atoms with van der Waals surface area (Å²) >= 11 is 0. The standard InChI is InChI=1S/C16H22O4/c1-11(15(19)20-16(2,3)4)13-7-5-6-12(10-13)8-9-14(17)18/h5-7,10-11H,8-9H2,1-4H3,(H,17,18)/t11-/m0/s1. The van der Waals surface area contributed by atoms with E-state index in [2.05, 4.69) is 0 Å². The second-order valence-corrected chi connectivity index (χ2v) is 5.89. The minimum atomic E-state index is -0.824. The first-order chi connectivity index (χ1) is 9.19. The number of carbonyl (C=O) groups is 2. The fraction of sp³-hybridized carbons (Fsp3) is 0.500. The highest BCUT2D eigenvalue weighted by Gasteiger charge is 2.23. The highest BCUT2D eigenvalue weighted by Crippen LogP contribution is 2.21. The van der Waals surface area contributed by atoms with Crippen LogP contribution in [-0.4, -0.2) is 22.6 Å². The van der Waals surface area contributed by atoms with E-state index >= 15 is 0 Å². The molecule has 20 heavy (non-hydrogen) atoms. The quantitative estimate of drug-likeness (QED) is 0.840. The van der Waals surface area contributed by atoms with Crippen LogP contribution in [-0.2, 0) is 20.7 Å². The number of esters is 1. The van der Waals surface area contributed by atoms with Crippen LogP contribution >= 0.6 is 0 Å². The number of ether oxygens (including phenoxy) is 1. The molecule has 0 aliphatic carbocycles. The molecule has 0 saturated heterocycles. The SMILES string of the molecule is C[C@H](C(=O)OC(C)(C)C)c1cccc(CCC(=O)O)c1. The van der Waals surface area contributed by atoms with Gasteiger partial charge in [-0.1, -0.05) is 24.3 Å². The molecule has 0 spiro atoms. The van der Waals surface area contributed by atoms with E-state index in [0.717, 1.165) is 11.1 Å². The fourth-order valence-corrected chi connectivity index (χ4v) is 1.80. The second kappa shape index (κ2) is 6.55. The smallest absolute Gasteiger partial charge is 0.313 e. The molecule has 0 aromatic heterocycles. The Kier molecular flexibility index (Phi) is 5.31. The van der Waals surface area contributed by atoms with E-state index in [9.17, 15) is 9.59 Å². The van der Waals surface area contributed by atoms with Gasteiger partial charge in [-0.05, 0) is 45.2 Å². The summed E-state index contributed by atoms with van der Waals surface area (Å²) in [5.41, 5.74) is 1.26. The number of benzene rings is 1. The van der Waals surface area contributed by atoms with Crippen molar-refractivity contribution in [3.63, 3.8) is 0 Å². The van der Waals surface area contributed by atoms with Gasteiger partial charge in [0.2, 0.25) is 0 Å². The normalized spacial score (nSPS) is 12.8. The molecular weight excluding hydrogens is 256 g/mol. The van der Waals surface area contributed by atoms with E-state index in [1.54, 1.807) is 6.92 Å². The Morgan fingerprint density at radius 1 is 1.30 bits per heavy atom. The van der Waals surface area contributed by atoms with E-state index < -0.39 is 11.6 Å². The number of carbonyl (C=O) groups excluding carboxylic acids is 1. The van der Waals surface area contributed by atoms with Crippen molar-refractivity contribution in [1.82, 2.24) is 0 Å². The molecule has 1 rings (SSSR count). The van der Waals surface area contributed by atoms with Crippen LogP contribution in [0.2, 0.25) is 0 Å². The van der Waals surface area contributed by atoms with E-state index in [-0.39, 0.29) is 18.3 Å². The van der Waals surface area contributed by atoms with Gasteiger partial charge in [-0.25, -0.2) is 0 Å². The summed E-state index contributed by atoms with van der Waals surface area (Å²) < 4.78 is 5.36. The van der Waals surface area contributed by atoms with E-state index in [4.69, 9.17) is 9.84 Å². The van der Waals surface area contributed by atoms with Crippen LogP contribution in [0.5, 0.6) is 0 Å². The molecule has 0 aliphatic rings. The molecule has 1 N–H and O–H groups in total. The molecular formula is C16H22O4. The molecule has 0 unspecified atom stereocenters. The monoisotopic (exact) mass is 278 g/mol.